The van der Waals surface area contributed by atoms with Gasteiger partial charge in [-0.25, -0.2) is 4.39 Å². The summed E-state index contributed by atoms with van der Waals surface area (Å²) in [5, 5.41) is 8.21. The minimum Gasteiger partial charge on any atom is -0.496 e. The van der Waals surface area contributed by atoms with Crippen LogP contribution in [0.2, 0.25) is 0 Å². The maximum Gasteiger partial charge on any atom is 0.151 e. The number of halogens is 1. The summed E-state index contributed by atoms with van der Waals surface area (Å²) < 4.78 is 18.1. The Hall–Kier alpha value is -1.49. The second-order valence-electron chi connectivity index (χ2n) is 2.59. The number of hydrogen-bond donors (Lipinski definition) is 0. The second kappa shape index (κ2) is 3.71. The Labute approximate surface area is 84.2 Å². The summed E-state index contributed by atoms with van der Waals surface area (Å²) in [5.74, 6) is 0.291. The van der Waals surface area contributed by atoms with Crippen LogP contribution in [0.25, 0.3) is 10.6 Å². The number of benzene rings is 1. The van der Waals surface area contributed by atoms with Gasteiger partial charge >= 0.3 is 0 Å². The first kappa shape index (κ1) is 9.08. The van der Waals surface area contributed by atoms with E-state index in [-0.39, 0.29) is 5.82 Å². The van der Waals surface area contributed by atoms with E-state index in [2.05, 4.69) is 10.2 Å². The van der Waals surface area contributed by atoms with Crippen LogP contribution in [-0.4, -0.2) is 17.3 Å². The average molecular weight is 210 g/mol. The first-order valence-electron chi connectivity index (χ1n) is 3.91. The summed E-state index contributed by atoms with van der Waals surface area (Å²) in [4.78, 5) is 0. The monoisotopic (exact) mass is 210 g/mol. The highest BCUT2D eigenvalue weighted by atomic mass is 32.1. The molecule has 72 valence electrons. The van der Waals surface area contributed by atoms with Gasteiger partial charge in [0, 0.05) is 0 Å². The molecule has 14 heavy (non-hydrogen) atoms. The van der Waals surface area contributed by atoms with E-state index in [0.717, 1.165) is 0 Å². The Morgan fingerprint density at radius 3 is 2.93 bits per heavy atom. The molecule has 1 aromatic heterocycles. The van der Waals surface area contributed by atoms with E-state index in [1.54, 1.807) is 11.6 Å². The van der Waals surface area contributed by atoms with Crippen molar-refractivity contribution < 1.29 is 9.13 Å². The highest BCUT2D eigenvalue weighted by Crippen LogP contribution is 2.30. The number of hydrogen-bond acceptors (Lipinski definition) is 4. The normalized spacial score (nSPS) is 10.1. The van der Waals surface area contributed by atoms with Crippen molar-refractivity contribution in [3.05, 3.63) is 29.5 Å². The van der Waals surface area contributed by atoms with E-state index < -0.39 is 0 Å². The van der Waals surface area contributed by atoms with Gasteiger partial charge in [0.25, 0.3) is 0 Å². The standard InChI is InChI=1S/C9H7FN2OS/c1-13-8-3-2-6(10)4-7(8)9-12-11-5-14-9/h2-5H,1H3. The van der Waals surface area contributed by atoms with Gasteiger partial charge in [0.05, 0.1) is 12.7 Å². The largest absolute Gasteiger partial charge is 0.496 e. The van der Waals surface area contributed by atoms with Gasteiger partial charge in [-0.15, -0.1) is 10.2 Å². The molecule has 3 nitrogen and oxygen atoms in total. The topological polar surface area (TPSA) is 35.0 Å². The molecule has 0 saturated carbocycles. The molecule has 0 atom stereocenters. The molecule has 0 aliphatic carbocycles. The van der Waals surface area contributed by atoms with Crippen LogP contribution in [0.1, 0.15) is 0 Å². The Balaban J connectivity index is 2.55. The Kier molecular flexibility index (Phi) is 2.41. The molecule has 0 aliphatic heterocycles. The van der Waals surface area contributed by atoms with Crippen molar-refractivity contribution in [2.45, 2.75) is 0 Å². The summed E-state index contributed by atoms with van der Waals surface area (Å²) >= 11 is 1.35. The predicted molar refractivity (Wildman–Crippen MR) is 51.9 cm³/mol. The lowest BCUT2D eigenvalue weighted by atomic mass is 10.2. The van der Waals surface area contributed by atoms with Crippen LogP contribution >= 0.6 is 11.3 Å². The molecule has 0 saturated heterocycles. The molecular formula is C9H7FN2OS. The molecule has 2 rings (SSSR count). The zero-order chi connectivity index (χ0) is 9.97. The molecule has 0 amide bonds. The molecule has 5 heteroatoms. The molecule has 1 heterocycles. The fourth-order valence-electron chi connectivity index (χ4n) is 1.14. The number of methoxy groups -OCH3 is 1. The van der Waals surface area contributed by atoms with Gasteiger partial charge < -0.3 is 4.74 Å². The third-order valence-corrected chi connectivity index (χ3v) is 2.48. The molecule has 0 N–H and O–H groups in total. The molecule has 0 unspecified atom stereocenters. The van der Waals surface area contributed by atoms with Gasteiger partial charge in [-0.05, 0) is 18.2 Å². The van der Waals surface area contributed by atoms with Crippen LogP contribution in [0.3, 0.4) is 0 Å². The lowest BCUT2D eigenvalue weighted by Gasteiger charge is -2.04. The van der Waals surface area contributed by atoms with Crippen molar-refractivity contribution in [1.82, 2.24) is 10.2 Å². The Morgan fingerprint density at radius 2 is 2.29 bits per heavy atom. The quantitative estimate of drug-likeness (QED) is 0.763. The van der Waals surface area contributed by atoms with Crippen molar-refractivity contribution in [3.8, 4) is 16.3 Å². The van der Waals surface area contributed by atoms with E-state index in [1.807, 2.05) is 0 Å². The van der Waals surface area contributed by atoms with Crippen molar-refractivity contribution in [2.24, 2.45) is 0 Å². The second-order valence-corrected chi connectivity index (χ2v) is 3.42. The molecule has 0 aliphatic rings. The predicted octanol–water partition coefficient (Wildman–Crippen LogP) is 2.35. The zero-order valence-electron chi connectivity index (χ0n) is 7.40. The number of aromatic nitrogens is 2. The minimum atomic E-state index is -0.309. The van der Waals surface area contributed by atoms with Crippen molar-refractivity contribution in [2.75, 3.05) is 7.11 Å². The molecule has 1 aromatic carbocycles. The SMILES string of the molecule is COc1ccc(F)cc1-c1nncs1. The summed E-state index contributed by atoms with van der Waals surface area (Å²) in [7, 11) is 1.54. The van der Waals surface area contributed by atoms with Gasteiger partial charge in [-0.1, -0.05) is 11.3 Å². The summed E-state index contributed by atoms with van der Waals surface area (Å²) in [6, 6.07) is 4.31. The van der Waals surface area contributed by atoms with Crippen LogP contribution in [0.5, 0.6) is 5.75 Å². The van der Waals surface area contributed by atoms with Crippen LogP contribution < -0.4 is 4.74 Å². The molecule has 2 aromatic rings. The molecule has 0 radical (unpaired) electrons. The molecular weight excluding hydrogens is 203 g/mol. The Morgan fingerprint density at radius 1 is 1.43 bits per heavy atom. The lowest BCUT2D eigenvalue weighted by Crippen LogP contribution is -1.88. The summed E-state index contributed by atoms with van der Waals surface area (Å²) in [6.45, 7) is 0. The summed E-state index contributed by atoms with van der Waals surface area (Å²) in [6.07, 6.45) is 0. The smallest absolute Gasteiger partial charge is 0.151 e. The first-order chi connectivity index (χ1) is 6.81. The zero-order valence-corrected chi connectivity index (χ0v) is 8.21. The number of nitrogens with zero attached hydrogens (tertiary/aromatic N) is 2. The van der Waals surface area contributed by atoms with E-state index in [0.29, 0.717) is 16.3 Å². The van der Waals surface area contributed by atoms with E-state index in [9.17, 15) is 4.39 Å². The first-order valence-corrected chi connectivity index (χ1v) is 4.79. The molecule has 0 fully saturated rings. The highest BCUT2D eigenvalue weighted by molar-refractivity contribution is 7.12. The van der Waals surface area contributed by atoms with E-state index in [4.69, 9.17) is 4.74 Å². The van der Waals surface area contributed by atoms with Crippen molar-refractivity contribution in [3.63, 3.8) is 0 Å². The Bertz CT molecular complexity index is 430. The lowest BCUT2D eigenvalue weighted by molar-refractivity contribution is 0.415. The van der Waals surface area contributed by atoms with E-state index in [1.165, 1.54) is 30.6 Å². The summed E-state index contributed by atoms with van der Waals surface area (Å²) in [5.41, 5.74) is 2.23. The number of rotatable bonds is 2. The van der Waals surface area contributed by atoms with Gasteiger partial charge in [0.1, 0.15) is 17.1 Å². The maximum atomic E-state index is 13.0. The fourth-order valence-corrected chi connectivity index (χ4v) is 1.71. The van der Waals surface area contributed by atoms with Crippen LogP contribution in [-0.2, 0) is 0 Å². The van der Waals surface area contributed by atoms with Crippen molar-refractivity contribution >= 4 is 11.3 Å². The van der Waals surface area contributed by atoms with Gasteiger partial charge in [-0.3, -0.25) is 0 Å². The maximum absolute atomic E-state index is 13.0. The third-order valence-electron chi connectivity index (χ3n) is 1.75. The van der Waals surface area contributed by atoms with Crippen LogP contribution in [0.15, 0.2) is 23.7 Å². The van der Waals surface area contributed by atoms with Crippen LogP contribution in [0, 0.1) is 5.82 Å². The van der Waals surface area contributed by atoms with Gasteiger partial charge in [0.2, 0.25) is 0 Å². The van der Waals surface area contributed by atoms with Crippen LogP contribution in [0.4, 0.5) is 4.39 Å². The molecule has 0 bridgehead atoms. The highest BCUT2D eigenvalue weighted by Gasteiger charge is 2.09. The van der Waals surface area contributed by atoms with E-state index >= 15 is 0 Å². The molecule has 0 spiro atoms. The fraction of sp³-hybridized carbons (Fsp3) is 0.111. The van der Waals surface area contributed by atoms with Gasteiger partial charge in [-0.2, -0.15) is 0 Å². The minimum absolute atomic E-state index is 0.309. The average Bonchev–Trinajstić information content (AvgIpc) is 2.70. The van der Waals surface area contributed by atoms with Crippen molar-refractivity contribution in [1.29, 1.82) is 0 Å². The third kappa shape index (κ3) is 1.58. The van der Waals surface area contributed by atoms with Gasteiger partial charge in [0.15, 0.2) is 5.01 Å². The number of ether oxygens (including phenoxy) is 1.